The molecule has 6 nitrogen and oxygen atoms in total. The Bertz CT molecular complexity index is 1430. The molecule has 1 aromatic heterocycles. The van der Waals surface area contributed by atoms with Crippen LogP contribution in [-0.2, 0) is 4.79 Å². The fourth-order valence-electron chi connectivity index (χ4n) is 5.59. The Morgan fingerprint density at radius 3 is 2.24 bits per heavy atom. The van der Waals surface area contributed by atoms with Crippen LogP contribution in [0.2, 0.25) is 0 Å². The number of rotatable bonds is 14. The molecule has 0 aliphatic heterocycles. The van der Waals surface area contributed by atoms with Gasteiger partial charge >= 0.3 is 0 Å². The van der Waals surface area contributed by atoms with Crippen molar-refractivity contribution >= 4 is 42.8 Å². The Morgan fingerprint density at radius 1 is 1.07 bits per heavy atom. The van der Waals surface area contributed by atoms with Crippen LogP contribution in [0, 0.1) is 24.6 Å². The molecule has 3 rings (SSSR count). The molecule has 45 heavy (non-hydrogen) atoms. The summed E-state index contributed by atoms with van der Waals surface area (Å²) >= 11 is 0. The van der Waals surface area contributed by atoms with Gasteiger partial charge in [-0.05, 0) is 94.4 Å². The SMILES string of the molecule is CC(=O)C(CC(C)C)N(C)C(=O)c1cc2c(F)cc(C)c(P)c2[nH]1.CCCCC(CC(C)N)/C(Nc1ccccc1)=C(/C)CC. The lowest BCUT2D eigenvalue weighted by molar-refractivity contribution is -0.121. The van der Waals surface area contributed by atoms with E-state index in [1.165, 1.54) is 60.2 Å². The number of hydrogen-bond acceptors (Lipinski definition) is 4. The number of hydrogen-bond donors (Lipinski definition) is 3. The van der Waals surface area contributed by atoms with E-state index >= 15 is 0 Å². The van der Waals surface area contributed by atoms with Crippen LogP contribution in [-0.4, -0.2) is 40.7 Å². The zero-order valence-corrected chi connectivity index (χ0v) is 30.0. The quantitative estimate of drug-likeness (QED) is 0.154. The monoisotopic (exact) mass is 638 g/mol. The maximum atomic E-state index is 14.2. The largest absolute Gasteiger partial charge is 0.359 e. The Hall–Kier alpha value is -3.02. The average Bonchev–Trinajstić information content (AvgIpc) is 3.45. The molecular weight excluding hydrogens is 582 g/mol. The summed E-state index contributed by atoms with van der Waals surface area (Å²) in [7, 11) is 4.19. The van der Waals surface area contributed by atoms with Gasteiger partial charge in [-0.15, -0.1) is 9.24 Å². The molecule has 4 N–H and O–H groups in total. The molecule has 0 fully saturated rings. The number of H-pyrrole nitrogens is 1. The number of para-hydroxylation sites is 1. The number of allylic oxidation sites excluding steroid dienone is 2. The molecule has 0 aliphatic rings. The second-order valence-electron chi connectivity index (χ2n) is 12.8. The molecule has 4 atom stereocenters. The lowest BCUT2D eigenvalue weighted by atomic mass is 9.89. The number of anilines is 1. The predicted molar refractivity (Wildman–Crippen MR) is 193 cm³/mol. The number of aryl methyl sites for hydroxylation is 1. The normalized spacial score (nSPS) is 13.9. The summed E-state index contributed by atoms with van der Waals surface area (Å²) in [6.45, 7) is 16.2. The summed E-state index contributed by atoms with van der Waals surface area (Å²) in [6, 6.07) is 13.2. The Balaban J connectivity index is 0.000000317. The third-order valence-corrected chi connectivity index (χ3v) is 9.05. The van der Waals surface area contributed by atoms with Crippen LogP contribution < -0.4 is 16.4 Å². The Morgan fingerprint density at radius 2 is 1.71 bits per heavy atom. The summed E-state index contributed by atoms with van der Waals surface area (Å²) < 4.78 is 14.2. The van der Waals surface area contributed by atoms with Crippen LogP contribution in [0.4, 0.5) is 10.1 Å². The number of fused-ring (bicyclic) bond motifs is 1. The van der Waals surface area contributed by atoms with Crippen LogP contribution in [0.1, 0.15) is 103 Å². The maximum absolute atomic E-state index is 14.2. The van der Waals surface area contributed by atoms with Crippen molar-refractivity contribution in [3.63, 3.8) is 0 Å². The van der Waals surface area contributed by atoms with Crippen molar-refractivity contribution in [3.05, 3.63) is 70.8 Å². The second kappa shape index (κ2) is 18.2. The number of amides is 1. The first-order valence-corrected chi connectivity index (χ1v) is 16.9. The highest BCUT2D eigenvalue weighted by molar-refractivity contribution is 7.28. The van der Waals surface area contributed by atoms with Gasteiger partial charge < -0.3 is 20.9 Å². The van der Waals surface area contributed by atoms with Gasteiger partial charge in [0.15, 0.2) is 5.78 Å². The van der Waals surface area contributed by atoms with Gasteiger partial charge in [0.05, 0.1) is 11.6 Å². The predicted octanol–water partition coefficient (Wildman–Crippen LogP) is 8.52. The second-order valence-corrected chi connectivity index (χ2v) is 13.4. The molecule has 0 saturated carbocycles. The van der Waals surface area contributed by atoms with Crippen molar-refractivity contribution in [1.82, 2.24) is 9.88 Å². The minimum Gasteiger partial charge on any atom is -0.359 e. The first-order valence-electron chi connectivity index (χ1n) is 16.3. The first kappa shape index (κ1) is 38.2. The molecular formula is C37H56FN4O2P. The van der Waals surface area contributed by atoms with Crippen molar-refractivity contribution in [2.75, 3.05) is 12.4 Å². The molecule has 0 radical (unpaired) electrons. The van der Waals surface area contributed by atoms with E-state index in [0.29, 0.717) is 23.2 Å². The molecule has 1 heterocycles. The van der Waals surface area contributed by atoms with Gasteiger partial charge in [0, 0.05) is 35.8 Å². The number of carbonyl (C=O) groups excluding carboxylic acids is 2. The number of carbonyl (C=O) groups is 2. The van der Waals surface area contributed by atoms with Crippen molar-refractivity contribution in [2.24, 2.45) is 17.6 Å². The minimum atomic E-state index is -0.481. The van der Waals surface area contributed by atoms with Gasteiger partial charge in [0.2, 0.25) is 0 Å². The fourth-order valence-corrected chi connectivity index (χ4v) is 5.90. The van der Waals surface area contributed by atoms with Gasteiger partial charge in [0.1, 0.15) is 11.5 Å². The number of aromatic nitrogens is 1. The van der Waals surface area contributed by atoms with Crippen molar-refractivity contribution in [3.8, 4) is 0 Å². The summed E-state index contributed by atoms with van der Waals surface area (Å²) in [5, 5.41) is 4.88. The number of ketones is 1. The highest BCUT2D eigenvalue weighted by Crippen LogP contribution is 2.28. The number of unbranched alkanes of at least 4 members (excludes halogenated alkanes) is 1. The number of Topliss-reactive ketones (excluding diaryl/α,β-unsaturated/α-hetero) is 1. The van der Waals surface area contributed by atoms with E-state index < -0.39 is 6.04 Å². The van der Waals surface area contributed by atoms with Gasteiger partial charge in [-0.3, -0.25) is 9.59 Å². The minimum absolute atomic E-state index is 0.0515. The van der Waals surface area contributed by atoms with E-state index in [0.717, 1.165) is 23.7 Å². The molecule has 0 bridgehead atoms. The van der Waals surface area contributed by atoms with Crippen molar-refractivity contribution < 1.29 is 14.0 Å². The number of halogens is 1. The topological polar surface area (TPSA) is 91.2 Å². The Labute approximate surface area is 273 Å². The van der Waals surface area contributed by atoms with E-state index in [2.05, 4.69) is 77.6 Å². The number of nitrogens with two attached hydrogens (primary N) is 1. The van der Waals surface area contributed by atoms with Crippen LogP contribution in [0.15, 0.2) is 53.7 Å². The molecule has 0 spiro atoms. The molecule has 0 aliphatic carbocycles. The van der Waals surface area contributed by atoms with E-state index in [4.69, 9.17) is 5.73 Å². The molecule has 4 unspecified atom stereocenters. The van der Waals surface area contributed by atoms with Gasteiger partial charge in [-0.2, -0.15) is 0 Å². The van der Waals surface area contributed by atoms with E-state index in [9.17, 15) is 14.0 Å². The maximum Gasteiger partial charge on any atom is 0.270 e. The van der Waals surface area contributed by atoms with Crippen LogP contribution in [0.25, 0.3) is 10.9 Å². The third-order valence-electron chi connectivity index (χ3n) is 8.31. The number of nitrogens with one attached hydrogen (secondary N) is 2. The zero-order chi connectivity index (χ0) is 33.8. The lowest BCUT2D eigenvalue weighted by Crippen LogP contribution is -2.42. The fraction of sp³-hybridized carbons (Fsp3) is 0.514. The van der Waals surface area contributed by atoms with Crippen molar-refractivity contribution in [2.45, 2.75) is 106 Å². The molecule has 1 amide bonds. The van der Waals surface area contributed by atoms with E-state index in [1.54, 1.807) is 7.05 Å². The van der Waals surface area contributed by atoms with Crippen LogP contribution >= 0.6 is 9.24 Å². The third kappa shape index (κ3) is 11.1. The van der Waals surface area contributed by atoms with Crippen molar-refractivity contribution in [1.29, 1.82) is 0 Å². The van der Waals surface area contributed by atoms with Crippen LogP contribution in [0.5, 0.6) is 0 Å². The molecule has 248 valence electrons. The number of aromatic amines is 1. The smallest absolute Gasteiger partial charge is 0.270 e. The number of likely N-dealkylation sites (N-methyl/N-ethyl adjacent to an activating group) is 1. The molecule has 2 aromatic carbocycles. The summed E-state index contributed by atoms with van der Waals surface area (Å²) in [4.78, 5) is 29.1. The molecule has 0 saturated heterocycles. The van der Waals surface area contributed by atoms with Gasteiger partial charge in [-0.25, -0.2) is 4.39 Å². The lowest BCUT2D eigenvalue weighted by Gasteiger charge is -2.27. The van der Waals surface area contributed by atoms with E-state index in [-0.39, 0.29) is 35.2 Å². The molecule has 3 aromatic rings. The number of nitrogens with zero attached hydrogens (tertiary/aromatic N) is 1. The average molecular weight is 639 g/mol. The summed E-state index contributed by atoms with van der Waals surface area (Å²) in [6.07, 6.45) is 6.43. The zero-order valence-electron chi connectivity index (χ0n) is 28.9. The molecule has 8 heteroatoms. The van der Waals surface area contributed by atoms with Crippen LogP contribution in [0.3, 0.4) is 0 Å². The van der Waals surface area contributed by atoms with Gasteiger partial charge in [0.25, 0.3) is 5.91 Å². The Kier molecular flexibility index (Phi) is 15.4. The highest BCUT2D eigenvalue weighted by Gasteiger charge is 2.27. The summed E-state index contributed by atoms with van der Waals surface area (Å²) in [5.41, 5.74) is 11.8. The number of benzene rings is 2. The van der Waals surface area contributed by atoms with Gasteiger partial charge in [-0.1, -0.05) is 64.3 Å². The van der Waals surface area contributed by atoms with E-state index in [1.807, 2.05) is 20.8 Å². The summed E-state index contributed by atoms with van der Waals surface area (Å²) in [5.74, 6) is 0.0931. The first-order chi connectivity index (χ1) is 21.2. The standard InChI is InChI=1S/C19H32N2.C18H24FN2O2P/c1-5-7-11-17(14-16(4)20)19(15(3)6-2)21-18-12-9-8-10-13-18;1-9(2)6-15(11(4)22)21(5)18(23)14-8-12-13(19)7-10(3)17(24)16(12)20-14/h8-10,12-13,16-17,21H,5-7,11,14,20H2,1-4H3;7-9,15,20H,6,24H2,1-5H3/b19-15+;. The highest BCUT2D eigenvalue weighted by atomic mass is 31.0.